The van der Waals surface area contributed by atoms with Gasteiger partial charge in [0.25, 0.3) is 17.7 Å². The Bertz CT molecular complexity index is 1450. The number of ether oxygens (including phenoxy) is 3. The molecule has 0 spiro atoms. The first-order valence-electron chi connectivity index (χ1n) is 12.5. The number of halogens is 2. The Labute approximate surface area is 234 Å². The number of nitrogens with one attached hydrogen (secondary N) is 2. The molecule has 1 fully saturated rings. The molecule has 5 rings (SSSR count). The van der Waals surface area contributed by atoms with Crippen molar-refractivity contribution in [1.29, 1.82) is 0 Å². The van der Waals surface area contributed by atoms with E-state index >= 15 is 0 Å². The predicted octanol–water partition coefficient (Wildman–Crippen LogP) is 2.98. The lowest BCUT2D eigenvalue weighted by Crippen LogP contribution is -2.58. The molecule has 3 aromatic rings. The highest BCUT2D eigenvalue weighted by molar-refractivity contribution is 6.33. The van der Waals surface area contributed by atoms with Crippen LogP contribution in [-0.4, -0.2) is 66.6 Å². The SMILES string of the molecule is COc1ccc2cc1OCC(=O)NCc1cc(F)cc(c1)O[C@@H]1CCN(C(=O)c3ccncc3Cl)C[C@@H]1NC2=O. The number of amides is 3. The topological polar surface area (TPSA) is 119 Å². The summed E-state index contributed by atoms with van der Waals surface area (Å²) in [7, 11) is 1.44. The van der Waals surface area contributed by atoms with Crippen molar-refractivity contribution in [3.8, 4) is 17.2 Å². The minimum atomic E-state index is -0.656. The summed E-state index contributed by atoms with van der Waals surface area (Å²) in [6.45, 7) is 0.131. The first-order chi connectivity index (χ1) is 19.3. The average molecular weight is 569 g/mol. The molecule has 3 heterocycles. The van der Waals surface area contributed by atoms with Crippen molar-refractivity contribution in [3.63, 3.8) is 0 Å². The number of methoxy groups -OCH3 is 1. The summed E-state index contributed by atoms with van der Waals surface area (Å²) in [5.41, 5.74) is 1.02. The molecule has 2 N–H and O–H groups in total. The highest BCUT2D eigenvalue weighted by Crippen LogP contribution is 2.29. The molecule has 12 heteroatoms. The third-order valence-corrected chi connectivity index (χ3v) is 6.95. The van der Waals surface area contributed by atoms with Gasteiger partial charge >= 0.3 is 0 Å². The van der Waals surface area contributed by atoms with Gasteiger partial charge in [0.05, 0.1) is 23.7 Å². The molecule has 4 bridgehead atoms. The molecule has 0 radical (unpaired) electrons. The number of piperidine rings is 1. The van der Waals surface area contributed by atoms with Crippen molar-refractivity contribution in [2.45, 2.75) is 25.1 Å². The van der Waals surface area contributed by atoms with Crippen molar-refractivity contribution >= 4 is 29.3 Å². The highest BCUT2D eigenvalue weighted by Gasteiger charge is 2.35. The smallest absolute Gasteiger partial charge is 0.258 e. The molecule has 0 unspecified atom stereocenters. The van der Waals surface area contributed by atoms with E-state index in [9.17, 15) is 18.8 Å². The molecular weight excluding hydrogens is 543 g/mol. The Morgan fingerprint density at radius 2 is 2.05 bits per heavy atom. The quantitative estimate of drug-likeness (QED) is 0.488. The summed E-state index contributed by atoms with van der Waals surface area (Å²) in [4.78, 5) is 44.6. The normalized spacial score (nSPS) is 19.3. The number of aromatic nitrogens is 1. The molecule has 40 heavy (non-hydrogen) atoms. The number of pyridine rings is 1. The van der Waals surface area contributed by atoms with Crippen LogP contribution in [0.4, 0.5) is 4.39 Å². The first kappa shape index (κ1) is 27.2. The molecule has 2 aliphatic rings. The fourth-order valence-electron chi connectivity index (χ4n) is 4.66. The second-order valence-corrected chi connectivity index (χ2v) is 9.77. The fourth-order valence-corrected chi connectivity index (χ4v) is 4.86. The maximum Gasteiger partial charge on any atom is 0.258 e. The Morgan fingerprint density at radius 1 is 1.20 bits per heavy atom. The summed E-state index contributed by atoms with van der Waals surface area (Å²) in [6.07, 6.45) is 2.63. The zero-order valence-electron chi connectivity index (χ0n) is 21.5. The maximum atomic E-state index is 14.5. The van der Waals surface area contributed by atoms with Crippen LogP contribution in [0.5, 0.6) is 17.2 Å². The number of carbonyl (C=O) groups is 3. The third-order valence-electron chi connectivity index (χ3n) is 6.65. The van der Waals surface area contributed by atoms with Gasteiger partial charge < -0.3 is 29.7 Å². The van der Waals surface area contributed by atoms with E-state index in [0.29, 0.717) is 29.8 Å². The van der Waals surface area contributed by atoms with Gasteiger partial charge in [0.1, 0.15) is 17.7 Å². The summed E-state index contributed by atoms with van der Waals surface area (Å²) in [5.74, 6) is -0.979. The number of likely N-dealkylation sites (tertiary alicyclic amines) is 1. The number of nitrogens with zero attached hydrogens (tertiary/aromatic N) is 2. The molecule has 2 aliphatic heterocycles. The van der Waals surface area contributed by atoms with E-state index in [1.54, 1.807) is 23.1 Å². The van der Waals surface area contributed by atoms with Gasteiger partial charge in [0.15, 0.2) is 18.1 Å². The molecule has 10 nitrogen and oxygen atoms in total. The Balaban J connectivity index is 1.48. The van der Waals surface area contributed by atoms with E-state index in [1.807, 2.05) is 0 Å². The number of benzene rings is 2. The molecule has 1 saturated heterocycles. The number of hydrogen-bond donors (Lipinski definition) is 2. The van der Waals surface area contributed by atoms with Gasteiger partial charge in [-0.15, -0.1) is 0 Å². The molecule has 0 aliphatic carbocycles. The van der Waals surface area contributed by atoms with E-state index in [4.69, 9.17) is 25.8 Å². The zero-order valence-corrected chi connectivity index (χ0v) is 22.2. The van der Waals surface area contributed by atoms with E-state index in [-0.39, 0.29) is 47.7 Å². The van der Waals surface area contributed by atoms with Crippen molar-refractivity contribution in [1.82, 2.24) is 20.5 Å². The summed E-state index contributed by atoms with van der Waals surface area (Å²) in [6, 6.07) is 9.63. The lowest BCUT2D eigenvalue weighted by atomic mass is 10.00. The third kappa shape index (κ3) is 6.09. The molecule has 1 aromatic heterocycles. The molecule has 0 saturated carbocycles. The van der Waals surface area contributed by atoms with Crippen molar-refractivity contribution in [3.05, 3.63) is 82.4 Å². The van der Waals surface area contributed by atoms with Crippen molar-refractivity contribution < 1.29 is 33.0 Å². The fraction of sp³-hybridized carbons (Fsp3) is 0.286. The molecular formula is C28H26ClFN4O6. The minimum Gasteiger partial charge on any atom is -0.493 e. The largest absolute Gasteiger partial charge is 0.493 e. The highest BCUT2D eigenvalue weighted by atomic mass is 35.5. The van der Waals surface area contributed by atoms with Crippen LogP contribution in [0.25, 0.3) is 0 Å². The minimum absolute atomic E-state index is 0.0489. The number of hydrogen-bond acceptors (Lipinski definition) is 7. The van der Waals surface area contributed by atoms with Crippen LogP contribution in [0, 0.1) is 5.82 Å². The van der Waals surface area contributed by atoms with Crippen LogP contribution in [0.1, 0.15) is 32.7 Å². The average Bonchev–Trinajstić information content (AvgIpc) is 2.95. The van der Waals surface area contributed by atoms with E-state index in [2.05, 4.69) is 15.6 Å². The molecule has 208 valence electrons. The lowest BCUT2D eigenvalue weighted by Gasteiger charge is -2.39. The zero-order chi connectivity index (χ0) is 28.2. The summed E-state index contributed by atoms with van der Waals surface area (Å²) < 4.78 is 31.6. The first-order valence-corrected chi connectivity index (χ1v) is 12.9. The Kier molecular flexibility index (Phi) is 8.01. The van der Waals surface area contributed by atoms with Crippen molar-refractivity contribution in [2.75, 3.05) is 26.8 Å². The van der Waals surface area contributed by atoms with Gasteiger partial charge in [0.2, 0.25) is 0 Å². The van der Waals surface area contributed by atoms with E-state index < -0.39 is 29.8 Å². The van der Waals surface area contributed by atoms with Gasteiger partial charge in [0, 0.05) is 50.1 Å². The number of rotatable bonds is 2. The molecule has 2 aromatic carbocycles. The summed E-state index contributed by atoms with van der Waals surface area (Å²) >= 11 is 6.21. The van der Waals surface area contributed by atoms with Crippen LogP contribution in [0.2, 0.25) is 5.02 Å². The predicted molar refractivity (Wildman–Crippen MR) is 142 cm³/mol. The number of fused-ring (bicyclic) bond motifs is 5. The monoisotopic (exact) mass is 568 g/mol. The number of carbonyl (C=O) groups excluding carboxylic acids is 3. The van der Waals surface area contributed by atoms with E-state index in [0.717, 1.165) is 0 Å². The van der Waals surface area contributed by atoms with Gasteiger partial charge in [-0.2, -0.15) is 0 Å². The van der Waals surface area contributed by atoms with Crippen LogP contribution >= 0.6 is 11.6 Å². The van der Waals surface area contributed by atoms with Gasteiger partial charge in [-0.3, -0.25) is 19.4 Å². The van der Waals surface area contributed by atoms with Crippen LogP contribution < -0.4 is 24.8 Å². The van der Waals surface area contributed by atoms with Gasteiger partial charge in [-0.1, -0.05) is 11.6 Å². The van der Waals surface area contributed by atoms with Crippen molar-refractivity contribution in [2.24, 2.45) is 0 Å². The molecule has 3 amide bonds. The van der Waals surface area contributed by atoms with Crippen LogP contribution in [0.3, 0.4) is 0 Å². The van der Waals surface area contributed by atoms with Gasteiger partial charge in [-0.05, 0) is 42.0 Å². The Morgan fingerprint density at radius 3 is 2.85 bits per heavy atom. The Hall–Kier alpha value is -4.38. The maximum absolute atomic E-state index is 14.5. The van der Waals surface area contributed by atoms with Crippen LogP contribution in [0.15, 0.2) is 54.9 Å². The summed E-state index contributed by atoms with van der Waals surface area (Å²) in [5, 5.41) is 5.86. The lowest BCUT2D eigenvalue weighted by molar-refractivity contribution is -0.123. The van der Waals surface area contributed by atoms with E-state index in [1.165, 1.54) is 43.8 Å². The van der Waals surface area contributed by atoms with Crippen LogP contribution in [-0.2, 0) is 11.3 Å². The second-order valence-electron chi connectivity index (χ2n) is 9.36. The standard InChI is InChI=1S/C28H26ClFN4O6/c1-38-24-3-2-17-10-25(24)39-15-26(35)32-12-16-8-18(30)11-19(9-16)40-23-5-7-34(14-22(23)33-27(17)36)28(37)20-4-6-31-13-21(20)29/h2-4,6,8-11,13,22-23H,5,7,12,14-15H2,1H3,(H,32,35)(H,33,36)/t22-,23+/m0/s1. The second kappa shape index (κ2) is 11.8. The molecule has 2 atom stereocenters. The van der Waals surface area contributed by atoms with Gasteiger partial charge in [-0.25, -0.2) is 4.39 Å².